The molecule has 0 bridgehead atoms. The number of anilines is 2. The molecule has 2 aliphatic rings. The van der Waals surface area contributed by atoms with E-state index in [0.717, 1.165) is 30.5 Å². The zero-order valence-corrected chi connectivity index (χ0v) is 13.8. The summed E-state index contributed by atoms with van der Waals surface area (Å²) in [5.74, 6) is 1.16. The fourth-order valence-corrected chi connectivity index (χ4v) is 3.36. The SMILES string of the molecule is Clc1ccc(CN2C(=CN3CCCC3)Nc3ccccc32)cc1. The van der Waals surface area contributed by atoms with E-state index in [1.165, 1.54) is 29.8 Å². The highest BCUT2D eigenvalue weighted by Crippen LogP contribution is 2.37. The number of fused-ring (bicyclic) bond motifs is 1. The Kier molecular flexibility index (Phi) is 3.88. The number of halogens is 1. The maximum Gasteiger partial charge on any atom is 0.127 e. The first-order chi connectivity index (χ1) is 11.3. The Morgan fingerprint density at radius 2 is 1.74 bits per heavy atom. The number of hydrogen-bond donors (Lipinski definition) is 1. The third-order valence-corrected chi connectivity index (χ3v) is 4.70. The maximum atomic E-state index is 6.01. The van der Waals surface area contributed by atoms with Gasteiger partial charge >= 0.3 is 0 Å². The number of likely N-dealkylation sites (tertiary alicyclic amines) is 1. The predicted molar refractivity (Wildman–Crippen MR) is 96.6 cm³/mol. The summed E-state index contributed by atoms with van der Waals surface area (Å²) in [4.78, 5) is 4.75. The van der Waals surface area contributed by atoms with E-state index in [9.17, 15) is 0 Å². The van der Waals surface area contributed by atoms with Crippen molar-refractivity contribution in [2.45, 2.75) is 19.4 Å². The van der Waals surface area contributed by atoms with Crippen molar-refractivity contribution in [2.75, 3.05) is 23.3 Å². The van der Waals surface area contributed by atoms with Gasteiger partial charge in [0.1, 0.15) is 5.82 Å². The molecule has 1 fully saturated rings. The first kappa shape index (κ1) is 14.5. The lowest BCUT2D eigenvalue weighted by atomic mass is 10.2. The second-order valence-corrected chi connectivity index (χ2v) is 6.55. The van der Waals surface area contributed by atoms with E-state index in [2.05, 4.69) is 57.7 Å². The summed E-state index contributed by atoms with van der Waals surface area (Å²) in [5.41, 5.74) is 3.65. The third kappa shape index (κ3) is 3.02. The van der Waals surface area contributed by atoms with Crippen molar-refractivity contribution in [1.29, 1.82) is 0 Å². The van der Waals surface area contributed by atoms with Gasteiger partial charge in [-0.05, 0) is 42.7 Å². The van der Waals surface area contributed by atoms with E-state index >= 15 is 0 Å². The molecule has 1 N–H and O–H groups in total. The van der Waals surface area contributed by atoms with Gasteiger partial charge in [0.05, 0.1) is 11.4 Å². The highest BCUT2D eigenvalue weighted by molar-refractivity contribution is 6.30. The van der Waals surface area contributed by atoms with Gasteiger partial charge in [0, 0.05) is 30.9 Å². The van der Waals surface area contributed by atoms with Crippen LogP contribution in [0.25, 0.3) is 0 Å². The minimum atomic E-state index is 0.779. The molecular weight excluding hydrogens is 306 g/mol. The molecule has 0 atom stereocenters. The van der Waals surface area contributed by atoms with Crippen LogP contribution in [-0.2, 0) is 6.54 Å². The van der Waals surface area contributed by atoms with E-state index in [4.69, 9.17) is 11.6 Å². The molecule has 0 saturated carbocycles. The van der Waals surface area contributed by atoms with Gasteiger partial charge in [0.25, 0.3) is 0 Å². The molecule has 0 spiro atoms. The molecule has 2 aromatic rings. The van der Waals surface area contributed by atoms with Crippen LogP contribution < -0.4 is 10.2 Å². The van der Waals surface area contributed by atoms with Gasteiger partial charge in [-0.25, -0.2) is 0 Å². The number of benzene rings is 2. The van der Waals surface area contributed by atoms with Crippen molar-refractivity contribution >= 4 is 23.0 Å². The van der Waals surface area contributed by atoms with Gasteiger partial charge in [-0.3, -0.25) is 0 Å². The number of nitrogens with zero attached hydrogens (tertiary/aromatic N) is 2. The van der Waals surface area contributed by atoms with Crippen molar-refractivity contribution in [3.8, 4) is 0 Å². The Labute approximate surface area is 142 Å². The fraction of sp³-hybridized carbons (Fsp3) is 0.263. The second-order valence-electron chi connectivity index (χ2n) is 6.11. The first-order valence-electron chi connectivity index (χ1n) is 8.13. The molecule has 2 heterocycles. The molecule has 2 aliphatic heterocycles. The van der Waals surface area contributed by atoms with Crippen LogP contribution in [0.2, 0.25) is 5.02 Å². The maximum absolute atomic E-state index is 6.01. The van der Waals surface area contributed by atoms with Gasteiger partial charge in [0.15, 0.2) is 0 Å². The minimum absolute atomic E-state index is 0.779. The largest absolute Gasteiger partial charge is 0.374 e. The molecule has 0 unspecified atom stereocenters. The van der Waals surface area contributed by atoms with Crippen LogP contribution in [0.5, 0.6) is 0 Å². The molecule has 0 aliphatic carbocycles. The van der Waals surface area contributed by atoms with E-state index in [1.54, 1.807) is 0 Å². The standard InChI is InChI=1S/C19H20ClN3/c20-16-9-7-15(8-10-16)13-23-18-6-2-1-5-17(18)21-19(23)14-22-11-3-4-12-22/h1-2,5-10,14,21H,3-4,11-13H2. The Balaban J connectivity index is 1.65. The van der Waals surface area contributed by atoms with Crippen molar-refractivity contribution in [2.24, 2.45) is 0 Å². The first-order valence-corrected chi connectivity index (χ1v) is 8.51. The van der Waals surface area contributed by atoms with Crippen LogP contribution in [0.4, 0.5) is 11.4 Å². The summed E-state index contributed by atoms with van der Waals surface area (Å²) in [7, 11) is 0. The van der Waals surface area contributed by atoms with Gasteiger partial charge < -0.3 is 15.1 Å². The van der Waals surface area contributed by atoms with Gasteiger partial charge in [-0.2, -0.15) is 0 Å². The summed E-state index contributed by atoms with van der Waals surface area (Å²) in [6.45, 7) is 3.13. The molecule has 118 valence electrons. The number of rotatable bonds is 3. The van der Waals surface area contributed by atoms with Gasteiger partial charge in [-0.1, -0.05) is 35.9 Å². The molecule has 4 rings (SSSR count). The lowest BCUT2D eigenvalue weighted by Crippen LogP contribution is -2.24. The van der Waals surface area contributed by atoms with Crippen molar-refractivity contribution < 1.29 is 0 Å². The zero-order valence-electron chi connectivity index (χ0n) is 13.0. The van der Waals surface area contributed by atoms with E-state index in [0.29, 0.717) is 0 Å². The number of nitrogens with one attached hydrogen (secondary N) is 1. The predicted octanol–water partition coefficient (Wildman–Crippen LogP) is 4.67. The highest BCUT2D eigenvalue weighted by Gasteiger charge is 2.24. The minimum Gasteiger partial charge on any atom is -0.374 e. The Hall–Kier alpha value is -2.13. The van der Waals surface area contributed by atoms with Crippen LogP contribution in [0, 0.1) is 0 Å². The summed E-state index contributed by atoms with van der Waals surface area (Å²) < 4.78 is 0. The molecule has 4 heteroatoms. The van der Waals surface area contributed by atoms with E-state index in [1.807, 2.05) is 12.1 Å². The second kappa shape index (κ2) is 6.17. The number of para-hydroxylation sites is 2. The van der Waals surface area contributed by atoms with Crippen molar-refractivity contribution in [3.05, 3.63) is 71.1 Å². The Bertz CT molecular complexity index is 718. The summed E-state index contributed by atoms with van der Waals surface area (Å²) >= 11 is 6.01. The topological polar surface area (TPSA) is 18.5 Å². The molecule has 0 amide bonds. The summed E-state index contributed by atoms with van der Waals surface area (Å²) in [6, 6.07) is 16.6. The van der Waals surface area contributed by atoms with Gasteiger partial charge in [-0.15, -0.1) is 0 Å². The quantitative estimate of drug-likeness (QED) is 0.885. The smallest absolute Gasteiger partial charge is 0.127 e. The van der Waals surface area contributed by atoms with Crippen LogP contribution in [-0.4, -0.2) is 18.0 Å². The average Bonchev–Trinajstić information content (AvgIpc) is 3.19. The van der Waals surface area contributed by atoms with Crippen molar-refractivity contribution in [3.63, 3.8) is 0 Å². The van der Waals surface area contributed by atoms with Crippen LogP contribution >= 0.6 is 11.6 Å². The molecule has 23 heavy (non-hydrogen) atoms. The van der Waals surface area contributed by atoms with Crippen molar-refractivity contribution in [1.82, 2.24) is 4.90 Å². The average molecular weight is 326 g/mol. The van der Waals surface area contributed by atoms with E-state index in [-0.39, 0.29) is 0 Å². The Morgan fingerprint density at radius 1 is 1.00 bits per heavy atom. The van der Waals surface area contributed by atoms with E-state index < -0.39 is 0 Å². The van der Waals surface area contributed by atoms with Gasteiger partial charge in [0.2, 0.25) is 0 Å². The molecule has 2 aromatic carbocycles. The molecular formula is C19H20ClN3. The normalized spacial score (nSPS) is 18.4. The number of hydrogen-bond acceptors (Lipinski definition) is 3. The fourth-order valence-electron chi connectivity index (χ4n) is 3.24. The Morgan fingerprint density at radius 3 is 2.52 bits per heavy atom. The zero-order chi connectivity index (χ0) is 15.6. The van der Waals surface area contributed by atoms with Crippen LogP contribution in [0.15, 0.2) is 60.6 Å². The summed E-state index contributed by atoms with van der Waals surface area (Å²) in [5, 5.41) is 4.34. The van der Waals surface area contributed by atoms with Crippen LogP contribution in [0.3, 0.4) is 0 Å². The third-order valence-electron chi connectivity index (χ3n) is 4.45. The highest BCUT2D eigenvalue weighted by atomic mass is 35.5. The lowest BCUT2D eigenvalue weighted by Gasteiger charge is -2.22. The van der Waals surface area contributed by atoms with Crippen LogP contribution in [0.1, 0.15) is 18.4 Å². The molecule has 0 aromatic heterocycles. The molecule has 0 radical (unpaired) electrons. The monoisotopic (exact) mass is 325 g/mol. The summed E-state index contributed by atoms with van der Waals surface area (Å²) in [6.07, 6.45) is 4.84. The lowest BCUT2D eigenvalue weighted by molar-refractivity contribution is 0.463. The molecule has 1 saturated heterocycles. The molecule has 3 nitrogen and oxygen atoms in total.